The summed E-state index contributed by atoms with van der Waals surface area (Å²) in [5.74, 6) is 0.466. The van der Waals surface area contributed by atoms with E-state index in [1.165, 1.54) is 12.1 Å². The Morgan fingerprint density at radius 2 is 1.71 bits per heavy atom. The van der Waals surface area contributed by atoms with Crippen LogP contribution < -0.4 is 0 Å². The summed E-state index contributed by atoms with van der Waals surface area (Å²) in [5, 5.41) is 18.5. The maximum atomic E-state index is 13.8. The minimum atomic E-state index is -0.466. The van der Waals surface area contributed by atoms with E-state index in [1.807, 2.05) is 12.1 Å². The van der Waals surface area contributed by atoms with E-state index in [9.17, 15) is 9.65 Å². The fourth-order valence-corrected chi connectivity index (χ4v) is 2.36. The highest BCUT2D eigenvalue weighted by Crippen LogP contribution is 2.28. The Bertz CT molecular complexity index is 1000. The van der Waals surface area contributed by atoms with Crippen molar-refractivity contribution in [2.45, 2.75) is 0 Å². The van der Waals surface area contributed by atoms with Gasteiger partial charge < -0.3 is 4.42 Å². The molecule has 0 aliphatic heterocycles. The zero-order valence-electron chi connectivity index (χ0n) is 12.5. The van der Waals surface area contributed by atoms with Gasteiger partial charge in [0.2, 0.25) is 0 Å². The van der Waals surface area contributed by atoms with E-state index in [4.69, 9.17) is 9.68 Å². The molecule has 0 unspecified atom stereocenters. The smallest absolute Gasteiger partial charge is 0.136 e. The third-order valence-corrected chi connectivity index (χ3v) is 3.51. The number of hydrogen-bond donors (Lipinski definition) is 0. The normalized spacial score (nSPS) is 10.9. The molecule has 0 bridgehead atoms. The lowest BCUT2D eigenvalue weighted by Gasteiger charge is -2.01. The van der Waals surface area contributed by atoms with Crippen LogP contribution >= 0.6 is 0 Å². The number of allylic oxidation sites excluding steroid dienone is 1. The van der Waals surface area contributed by atoms with Crippen LogP contribution in [0.1, 0.15) is 16.9 Å². The van der Waals surface area contributed by atoms with Crippen LogP contribution in [-0.4, -0.2) is 0 Å². The van der Waals surface area contributed by atoms with E-state index in [-0.39, 0.29) is 11.1 Å². The van der Waals surface area contributed by atoms with E-state index >= 15 is 0 Å². The van der Waals surface area contributed by atoms with Crippen LogP contribution in [0.2, 0.25) is 0 Å². The molecule has 3 nitrogen and oxygen atoms in total. The Hall–Kier alpha value is -3.63. The molecule has 0 aliphatic carbocycles. The minimum Gasteiger partial charge on any atom is -0.457 e. The molecule has 2 aromatic carbocycles. The molecule has 0 aliphatic rings. The molecule has 0 saturated heterocycles. The topological polar surface area (TPSA) is 60.7 Å². The van der Waals surface area contributed by atoms with Gasteiger partial charge in [0.1, 0.15) is 17.3 Å². The zero-order chi connectivity index (χ0) is 16.9. The standard InChI is InChI=1S/C20H11FN2O/c21-19-8-4-3-6-17(19)15(13-23)11-16-9-10-20(24-16)18-7-2-1-5-14(18)12-22/h1-11H. The lowest BCUT2D eigenvalue weighted by molar-refractivity contribution is 0.572. The number of nitriles is 2. The molecule has 1 heterocycles. The molecular weight excluding hydrogens is 303 g/mol. The van der Waals surface area contributed by atoms with Crippen LogP contribution in [0, 0.1) is 28.5 Å². The molecule has 114 valence electrons. The van der Waals surface area contributed by atoms with Crippen molar-refractivity contribution in [2.24, 2.45) is 0 Å². The highest BCUT2D eigenvalue weighted by atomic mass is 19.1. The number of nitrogens with zero attached hydrogens (tertiary/aromatic N) is 2. The van der Waals surface area contributed by atoms with Gasteiger partial charge >= 0.3 is 0 Å². The molecule has 0 N–H and O–H groups in total. The number of furan rings is 1. The van der Waals surface area contributed by atoms with Gasteiger partial charge in [-0.05, 0) is 36.4 Å². The summed E-state index contributed by atoms with van der Waals surface area (Å²) in [6, 6.07) is 20.7. The quantitative estimate of drug-likeness (QED) is 0.638. The Labute approximate surface area is 138 Å². The lowest BCUT2D eigenvalue weighted by Crippen LogP contribution is -1.86. The van der Waals surface area contributed by atoms with Crippen molar-refractivity contribution in [3.05, 3.63) is 83.4 Å². The fourth-order valence-electron chi connectivity index (χ4n) is 2.36. The summed E-state index contributed by atoms with van der Waals surface area (Å²) in [4.78, 5) is 0. The van der Waals surface area contributed by atoms with Gasteiger partial charge in [-0.2, -0.15) is 10.5 Å². The van der Waals surface area contributed by atoms with Crippen molar-refractivity contribution in [3.63, 3.8) is 0 Å². The van der Waals surface area contributed by atoms with Gasteiger partial charge in [0.15, 0.2) is 0 Å². The third kappa shape index (κ3) is 2.95. The predicted molar refractivity (Wildman–Crippen MR) is 88.7 cm³/mol. The number of halogens is 1. The number of benzene rings is 2. The molecule has 0 atom stereocenters. The van der Waals surface area contributed by atoms with Gasteiger partial charge in [0, 0.05) is 11.1 Å². The average Bonchev–Trinajstić information content (AvgIpc) is 3.09. The molecule has 0 radical (unpaired) electrons. The molecule has 4 heteroatoms. The van der Waals surface area contributed by atoms with Crippen molar-refractivity contribution in [1.29, 1.82) is 10.5 Å². The Kier molecular flexibility index (Phi) is 4.23. The fraction of sp³-hybridized carbons (Fsp3) is 0. The second-order valence-corrected chi connectivity index (χ2v) is 5.01. The van der Waals surface area contributed by atoms with Crippen LogP contribution in [0.25, 0.3) is 23.0 Å². The predicted octanol–water partition coefficient (Wildman–Crippen LogP) is 5.02. The van der Waals surface area contributed by atoms with Gasteiger partial charge in [-0.25, -0.2) is 4.39 Å². The Morgan fingerprint density at radius 3 is 2.46 bits per heavy atom. The van der Waals surface area contributed by atoms with Gasteiger partial charge in [0.05, 0.1) is 23.3 Å². The summed E-state index contributed by atoms with van der Waals surface area (Å²) < 4.78 is 19.5. The first-order valence-corrected chi connectivity index (χ1v) is 7.19. The monoisotopic (exact) mass is 314 g/mol. The van der Waals surface area contributed by atoms with Gasteiger partial charge in [-0.1, -0.05) is 30.3 Å². The van der Waals surface area contributed by atoms with Crippen LogP contribution in [-0.2, 0) is 0 Å². The third-order valence-electron chi connectivity index (χ3n) is 3.51. The van der Waals surface area contributed by atoms with Crippen molar-refractivity contribution in [2.75, 3.05) is 0 Å². The van der Waals surface area contributed by atoms with E-state index in [1.54, 1.807) is 48.5 Å². The average molecular weight is 314 g/mol. The van der Waals surface area contributed by atoms with Crippen molar-refractivity contribution < 1.29 is 8.81 Å². The Balaban J connectivity index is 2.01. The van der Waals surface area contributed by atoms with Gasteiger partial charge in [-0.15, -0.1) is 0 Å². The van der Waals surface area contributed by atoms with E-state index in [2.05, 4.69) is 6.07 Å². The summed E-state index contributed by atoms with van der Waals surface area (Å²) in [6.45, 7) is 0. The first-order valence-electron chi connectivity index (χ1n) is 7.19. The Morgan fingerprint density at radius 1 is 0.958 bits per heavy atom. The molecular formula is C20H11FN2O. The molecule has 0 fully saturated rings. The maximum absolute atomic E-state index is 13.8. The zero-order valence-corrected chi connectivity index (χ0v) is 12.5. The molecule has 0 saturated carbocycles. The highest BCUT2D eigenvalue weighted by Gasteiger charge is 2.11. The first kappa shape index (κ1) is 15.3. The van der Waals surface area contributed by atoms with Crippen LogP contribution in [0.4, 0.5) is 4.39 Å². The number of hydrogen-bond acceptors (Lipinski definition) is 3. The van der Waals surface area contributed by atoms with E-state index in [0.29, 0.717) is 22.6 Å². The van der Waals surface area contributed by atoms with E-state index in [0.717, 1.165) is 0 Å². The minimum absolute atomic E-state index is 0.169. The van der Waals surface area contributed by atoms with E-state index < -0.39 is 5.82 Å². The second-order valence-electron chi connectivity index (χ2n) is 5.01. The molecule has 0 spiro atoms. The van der Waals surface area contributed by atoms with Crippen molar-refractivity contribution >= 4 is 11.6 Å². The molecule has 3 aromatic rings. The van der Waals surface area contributed by atoms with Crippen molar-refractivity contribution in [3.8, 4) is 23.5 Å². The van der Waals surface area contributed by atoms with Gasteiger partial charge in [0.25, 0.3) is 0 Å². The highest BCUT2D eigenvalue weighted by molar-refractivity contribution is 5.89. The SMILES string of the molecule is N#CC(=Cc1ccc(-c2ccccc2C#N)o1)c1ccccc1F. The molecule has 3 rings (SSSR count). The molecule has 24 heavy (non-hydrogen) atoms. The van der Waals surface area contributed by atoms with Gasteiger partial charge in [-0.3, -0.25) is 0 Å². The first-order chi connectivity index (χ1) is 11.7. The van der Waals surface area contributed by atoms with Crippen LogP contribution in [0.5, 0.6) is 0 Å². The maximum Gasteiger partial charge on any atom is 0.136 e. The second kappa shape index (κ2) is 6.64. The van der Waals surface area contributed by atoms with Crippen LogP contribution in [0.15, 0.2) is 65.1 Å². The summed E-state index contributed by atoms with van der Waals surface area (Å²) >= 11 is 0. The molecule has 1 aromatic heterocycles. The number of rotatable bonds is 3. The summed E-state index contributed by atoms with van der Waals surface area (Å²) in [5.41, 5.74) is 1.55. The summed E-state index contributed by atoms with van der Waals surface area (Å²) in [6.07, 6.45) is 1.48. The summed E-state index contributed by atoms with van der Waals surface area (Å²) in [7, 11) is 0. The molecule has 0 amide bonds. The van der Waals surface area contributed by atoms with Crippen molar-refractivity contribution in [1.82, 2.24) is 0 Å². The lowest BCUT2D eigenvalue weighted by atomic mass is 10.1. The van der Waals surface area contributed by atoms with Crippen LogP contribution in [0.3, 0.4) is 0 Å². The largest absolute Gasteiger partial charge is 0.457 e.